The zero-order valence-corrected chi connectivity index (χ0v) is 12.7. The van der Waals surface area contributed by atoms with Gasteiger partial charge in [0.2, 0.25) is 0 Å². The second-order valence-electron chi connectivity index (χ2n) is 5.62. The highest BCUT2D eigenvalue weighted by atomic mass is 16.1. The van der Waals surface area contributed by atoms with Crippen LogP contribution < -0.4 is 0 Å². The molecule has 0 saturated heterocycles. The van der Waals surface area contributed by atoms with Crippen molar-refractivity contribution < 1.29 is 9.59 Å². The summed E-state index contributed by atoms with van der Waals surface area (Å²) < 4.78 is 0. The van der Waals surface area contributed by atoms with Gasteiger partial charge in [0.05, 0.1) is 0 Å². The number of carbonyl (C=O) groups excluding carboxylic acids is 2. The molecule has 0 spiro atoms. The molecule has 0 bridgehead atoms. The van der Waals surface area contributed by atoms with Gasteiger partial charge in [-0.25, -0.2) is 0 Å². The summed E-state index contributed by atoms with van der Waals surface area (Å²) in [5.41, 5.74) is 1.17. The van der Waals surface area contributed by atoms with Crippen molar-refractivity contribution in [3.63, 3.8) is 0 Å². The number of aldehydes is 2. The fraction of sp³-hybridized carbons (Fsp3) is 0.750. The number of allylic oxidation sites excluding steroid dienone is 1. The predicted octanol–water partition coefficient (Wildman–Crippen LogP) is 4.44. The van der Waals surface area contributed by atoms with Gasteiger partial charge in [0.15, 0.2) is 0 Å². The van der Waals surface area contributed by atoms with E-state index in [2.05, 4.69) is 34.3 Å². The highest BCUT2D eigenvalue weighted by Gasteiger charge is 2.04. The number of unbranched alkanes of at least 4 members (excludes halogenated alkanes) is 1. The van der Waals surface area contributed by atoms with E-state index < -0.39 is 0 Å². The van der Waals surface area contributed by atoms with Gasteiger partial charge in [0.1, 0.15) is 12.6 Å². The van der Waals surface area contributed by atoms with Crippen LogP contribution in [0.2, 0.25) is 0 Å². The van der Waals surface area contributed by atoms with E-state index in [1.165, 1.54) is 12.0 Å². The largest absolute Gasteiger partial charge is 0.303 e. The molecule has 0 amide bonds. The highest BCUT2D eigenvalue weighted by molar-refractivity contribution is 5.53. The van der Waals surface area contributed by atoms with Crippen molar-refractivity contribution in [3.05, 3.63) is 12.2 Å². The maximum absolute atomic E-state index is 10.2. The smallest absolute Gasteiger partial charge is 0.123 e. The molecule has 2 nitrogen and oxygen atoms in total. The Balaban J connectivity index is 0. The Kier molecular flexibility index (Phi) is 13.5. The van der Waals surface area contributed by atoms with Gasteiger partial charge >= 0.3 is 0 Å². The predicted molar refractivity (Wildman–Crippen MR) is 78.6 cm³/mol. The van der Waals surface area contributed by atoms with E-state index in [4.69, 9.17) is 0 Å². The average Bonchev–Trinajstić information content (AvgIpc) is 2.29. The molecule has 0 radical (unpaired) electrons. The van der Waals surface area contributed by atoms with Crippen LogP contribution in [0.3, 0.4) is 0 Å². The van der Waals surface area contributed by atoms with Crippen LogP contribution in [0.4, 0.5) is 0 Å². The molecule has 0 fully saturated rings. The first kappa shape index (κ1) is 19.4. The van der Waals surface area contributed by atoms with Crippen molar-refractivity contribution >= 4 is 12.6 Å². The summed E-state index contributed by atoms with van der Waals surface area (Å²) >= 11 is 0. The van der Waals surface area contributed by atoms with Gasteiger partial charge in [-0.15, -0.1) is 0 Å². The molecule has 0 aliphatic rings. The second-order valence-corrected chi connectivity index (χ2v) is 5.62. The van der Waals surface area contributed by atoms with Gasteiger partial charge in [0.25, 0.3) is 0 Å². The number of rotatable bonds is 8. The molecule has 2 heteroatoms. The molecule has 0 rings (SSSR count). The van der Waals surface area contributed by atoms with Crippen LogP contribution in [0.15, 0.2) is 12.2 Å². The monoisotopic (exact) mass is 254 g/mol. The molecule has 0 saturated carbocycles. The Morgan fingerprint density at radius 2 is 1.67 bits per heavy atom. The lowest BCUT2D eigenvalue weighted by Crippen LogP contribution is -2.01. The van der Waals surface area contributed by atoms with Crippen LogP contribution in [0.25, 0.3) is 0 Å². The third kappa shape index (κ3) is 15.1. The lowest BCUT2D eigenvalue weighted by Gasteiger charge is -2.10. The van der Waals surface area contributed by atoms with Crippen molar-refractivity contribution in [3.8, 4) is 0 Å². The summed E-state index contributed by atoms with van der Waals surface area (Å²) in [5, 5.41) is 0. The van der Waals surface area contributed by atoms with Crippen LogP contribution in [0.1, 0.15) is 60.3 Å². The van der Waals surface area contributed by atoms with Crippen molar-refractivity contribution in [1.29, 1.82) is 0 Å². The van der Waals surface area contributed by atoms with E-state index in [1.807, 2.05) is 6.92 Å². The first-order valence-electron chi connectivity index (χ1n) is 6.91. The van der Waals surface area contributed by atoms with Gasteiger partial charge in [-0.1, -0.05) is 53.2 Å². The normalized spacial score (nSPS) is 11.7. The van der Waals surface area contributed by atoms with Crippen molar-refractivity contribution in [2.24, 2.45) is 17.8 Å². The summed E-state index contributed by atoms with van der Waals surface area (Å²) in [6, 6.07) is 0. The van der Waals surface area contributed by atoms with E-state index >= 15 is 0 Å². The van der Waals surface area contributed by atoms with Crippen molar-refractivity contribution in [2.45, 2.75) is 60.3 Å². The molecule has 0 aromatic carbocycles. The standard InChI is InChI=1S/C9H16O.C7H14O/c1-7(2)9(4)5-8(3)6-10;1-7(2)5-3-4-6-8/h6-8H,4-5H2,1-3H3;6-7H,3-5H2,1-2H3. The fourth-order valence-electron chi connectivity index (χ4n) is 1.31. The van der Waals surface area contributed by atoms with Crippen LogP contribution in [0, 0.1) is 17.8 Å². The molecule has 0 N–H and O–H groups in total. The maximum atomic E-state index is 10.2. The average molecular weight is 254 g/mol. The Labute approximate surface area is 113 Å². The molecule has 18 heavy (non-hydrogen) atoms. The van der Waals surface area contributed by atoms with Crippen LogP contribution >= 0.6 is 0 Å². The van der Waals surface area contributed by atoms with E-state index in [1.54, 1.807) is 0 Å². The molecule has 0 aliphatic carbocycles. The Hall–Kier alpha value is -0.920. The Morgan fingerprint density at radius 1 is 1.11 bits per heavy atom. The lowest BCUT2D eigenvalue weighted by molar-refractivity contribution is -0.110. The highest BCUT2D eigenvalue weighted by Crippen LogP contribution is 2.15. The molecule has 1 atom stereocenters. The minimum absolute atomic E-state index is 0.134. The number of hydrogen-bond acceptors (Lipinski definition) is 2. The molecule has 1 unspecified atom stereocenters. The summed E-state index contributed by atoms with van der Waals surface area (Å²) in [7, 11) is 0. The number of hydrogen-bond donors (Lipinski definition) is 0. The molecule has 0 aromatic rings. The minimum atomic E-state index is 0.134. The van der Waals surface area contributed by atoms with E-state index in [-0.39, 0.29) is 5.92 Å². The molecule has 106 valence electrons. The minimum Gasteiger partial charge on any atom is -0.303 e. The molecular formula is C16H30O2. The van der Waals surface area contributed by atoms with E-state index in [0.29, 0.717) is 5.92 Å². The first-order valence-corrected chi connectivity index (χ1v) is 6.91. The zero-order chi connectivity index (χ0) is 14.6. The molecule has 0 heterocycles. The fourth-order valence-corrected chi connectivity index (χ4v) is 1.31. The van der Waals surface area contributed by atoms with Gasteiger partial charge in [-0.2, -0.15) is 0 Å². The number of carbonyl (C=O) groups is 2. The molecular weight excluding hydrogens is 224 g/mol. The third-order valence-corrected chi connectivity index (χ3v) is 2.74. The lowest BCUT2D eigenvalue weighted by atomic mass is 9.95. The van der Waals surface area contributed by atoms with Gasteiger partial charge < -0.3 is 9.59 Å². The first-order chi connectivity index (χ1) is 8.34. The molecule has 0 aromatic heterocycles. The second kappa shape index (κ2) is 12.5. The van der Waals surface area contributed by atoms with Gasteiger partial charge in [0, 0.05) is 12.3 Å². The van der Waals surface area contributed by atoms with Crippen LogP contribution in [-0.4, -0.2) is 12.6 Å². The zero-order valence-electron chi connectivity index (χ0n) is 12.7. The maximum Gasteiger partial charge on any atom is 0.123 e. The Morgan fingerprint density at radius 3 is 2.00 bits per heavy atom. The van der Waals surface area contributed by atoms with Gasteiger partial charge in [-0.3, -0.25) is 0 Å². The summed E-state index contributed by atoms with van der Waals surface area (Å²) in [5.74, 6) is 1.38. The third-order valence-electron chi connectivity index (χ3n) is 2.74. The molecule has 0 aliphatic heterocycles. The SMILES string of the molecule is C=C(CC(C)C=O)C(C)C.CC(C)CCCC=O. The quantitative estimate of drug-likeness (QED) is 0.364. The van der Waals surface area contributed by atoms with Crippen LogP contribution in [-0.2, 0) is 9.59 Å². The summed E-state index contributed by atoms with van der Waals surface area (Å²) in [6.45, 7) is 14.3. The van der Waals surface area contributed by atoms with E-state index in [0.717, 1.165) is 37.8 Å². The topological polar surface area (TPSA) is 34.1 Å². The summed E-state index contributed by atoms with van der Waals surface area (Å²) in [6.07, 6.45) is 5.77. The Bertz CT molecular complexity index is 229. The van der Waals surface area contributed by atoms with E-state index in [9.17, 15) is 9.59 Å². The summed E-state index contributed by atoms with van der Waals surface area (Å²) in [4.78, 5) is 20.0. The van der Waals surface area contributed by atoms with Crippen LogP contribution in [0.5, 0.6) is 0 Å². The van der Waals surface area contributed by atoms with Gasteiger partial charge in [-0.05, 0) is 24.7 Å². The van der Waals surface area contributed by atoms with Crippen molar-refractivity contribution in [1.82, 2.24) is 0 Å². The van der Waals surface area contributed by atoms with Crippen molar-refractivity contribution in [2.75, 3.05) is 0 Å².